The molecule has 0 spiro atoms. The maximum Gasteiger partial charge on any atom is 0.306 e. The number of rotatable bonds is 9. The van der Waals surface area contributed by atoms with Gasteiger partial charge in [-0.25, -0.2) is 0 Å². The van der Waals surface area contributed by atoms with Crippen molar-refractivity contribution >= 4 is 11.9 Å². The summed E-state index contributed by atoms with van der Waals surface area (Å²) < 4.78 is 5.28. The minimum atomic E-state index is -0.869. The number of carboxylic acids is 1. The van der Waals surface area contributed by atoms with Gasteiger partial charge in [0, 0.05) is 12.8 Å². The summed E-state index contributed by atoms with van der Waals surface area (Å²) in [5.74, 6) is -1.14. The molecule has 0 aromatic rings. The van der Waals surface area contributed by atoms with Crippen LogP contribution in [-0.2, 0) is 14.3 Å². The molecule has 0 rings (SSSR count). The standard InChI is InChI=1S/C12H22O4/c1-3-6-10(7-4-2)16-12(15)9-5-8-11(13)14/h10H,3-9H2,1-2H3,(H,13,14). The van der Waals surface area contributed by atoms with Gasteiger partial charge in [0.1, 0.15) is 6.10 Å². The minimum absolute atomic E-state index is 0.00679. The molecule has 4 heteroatoms. The van der Waals surface area contributed by atoms with Crippen LogP contribution in [-0.4, -0.2) is 23.1 Å². The highest BCUT2D eigenvalue weighted by atomic mass is 16.5. The zero-order valence-electron chi connectivity index (χ0n) is 10.2. The Morgan fingerprint density at radius 1 is 1.12 bits per heavy atom. The van der Waals surface area contributed by atoms with Gasteiger partial charge >= 0.3 is 11.9 Å². The van der Waals surface area contributed by atoms with Crippen molar-refractivity contribution in [3.63, 3.8) is 0 Å². The van der Waals surface area contributed by atoms with Crippen LogP contribution in [0.5, 0.6) is 0 Å². The summed E-state index contributed by atoms with van der Waals surface area (Å²) in [5.41, 5.74) is 0. The van der Waals surface area contributed by atoms with Gasteiger partial charge in [-0.3, -0.25) is 9.59 Å². The molecular formula is C12H22O4. The van der Waals surface area contributed by atoms with Crippen LogP contribution in [0, 0.1) is 0 Å². The second-order valence-corrected chi connectivity index (χ2v) is 3.94. The largest absolute Gasteiger partial charge is 0.481 e. The fraction of sp³-hybridized carbons (Fsp3) is 0.833. The molecule has 4 nitrogen and oxygen atoms in total. The third-order valence-electron chi connectivity index (χ3n) is 2.29. The third kappa shape index (κ3) is 8.26. The van der Waals surface area contributed by atoms with Crippen LogP contribution in [0.3, 0.4) is 0 Å². The van der Waals surface area contributed by atoms with E-state index in [0.29, 0.717) is 6.42 Å². The number of ether oxygens (including phenoxy) is 1. The highest BCUT2D eigenvalue weighted by Crippen LogP contribution is 2.11. The van der Waals surface area contributed by atoms with Gasteiger partial charge in [0.15, 0.2) is 0 Å². The maximum absolute atomic E-state index is 11.4. The van der Waals surface area contributed by atoms with Crippen LogP contribution in [0.15, 0.2) is 0 Å². The van der Waals surface area contributed by atoms with E-state index in [4.69, 9.17) is 9.84 Å². The van der Waals surface area contributed by atoms with Gasteiger partial charge in [0.25, 0.3) is 0 Å². The number of hydrogen-bond acceptors (Lipinski definition) is 3. The van der Waals surface area contributed by atoms with E-state index >= 15 is 0 Å². The lowest BCUT2D eigenvalue weighted by Gasteiger charge is -2.16. The second kappa shape index (κ2) is 9.19. The normalized spacial score (nSPS) is 10.4. The smallest absolute Gasteiger partial charge is 0.306 e. The van der Waals surface area contributed by atoms with Crippen LogP contribution in [0.25, 0.3) is 0 Å². The zero-order chi connectivity index (χ0) is 12.4. The van der Waals surface area contributed by atoms with E-state index in [1.165, 1.54) is 0 Å². The summed E-state index contributed by atoms with van der Waals surface area (Å²) in [6.45, 7) is 4.11. The Morgan fingerprint density at radius 2 is 1.69 bits per heavy atom. The van der Waals surface area contributed by atoms with Gasteiger partial charge in [-0.15, -0.1) is 0 Å². The predicted molar refractivity (Wildman–Crippen MR) is 61.2 cm³/mol. The minimum Gasteiger partial charge on any atom is -0.481 e. The van der Waals surface area contributed by atoms with Crippen LogP contribution >= 0.6 is 0 Å². The Hall–Kier alpha value is -1.06. The Kier molecular flexibility index (Phi) is 8.58. The summed E-state index contributed by atoms with van der Waals surface area (Å²) in [6.07, 6.45) is 4.36. The van der Waals surface area contributed by atoms with Crippen molar-refractivity contribution in [3.05, 3.63) is 0 Å². The molecule has 0 unspecified atom stereocenters. The Labute approximate surface area is 97.0 Å². The van der Waals surface area contributed by atoms with Crippen LogP contribution < -0.4 is 0 Å². The first kappa shape index (κ1) is 14.9. The van der Waals surface area contributed by atoms with Crippen molar-refractivity contribution in [1.82, 2.24) is 0 Å². The van der Waals surface area contributed by atoms with Crippen molar-refractivity contribution in [1.29, 1.82) is 0 Å². The summed E-state index contributed by atoms with van der Waals surface area (Å²) in [7, 11) is 0. The molecule has 0 aliphatic carbocycles. The molecule has 0 bridgehead atoms. The van der Waals surface area contributed by atoms with E-state index in [2.05, 4.69) is 13.8 Å². The van der Waals surface area contributed by atoms with Gasteiger partial charge in [0.05, 0.1) is 0 Å². The first-order valence-corrected chi connectivity index (χ1v) is 6.01. The topological polar surface area (TPSA) is 63.6 Å². The molecule has 0 heterocycles. The molecule has 0 saturated heterocycles. The molecule has 0 aromatic heterocycles. The average molecular weight is 230 g/mol. The fourth-order valence-corrected chi connectivity index (χ4v) is 1.53. The van der Waals surface area contributed by atoms with E-state index in [1.54, 1.807) is 0 Å². The highest BCUT2D eigenvalue weighted by Gasteiger charge is 2.12. The predicted octanol–water partition coefficient (Wildman–Crippen LogP) is 2.75. The molecule has 0 aliphatic rings. The van der Waals surface area contributed by atoms with Crippen molar-refractivity contribution in [2.75, 3.05) is 0 Å². The van der Waals surface area contributed by atoms with Crippen molar-refractivity contribution in [2.24, 2.45) is 0 Å². The van der Waals surface area contributed by atoms with E-state index in [-0.39, 0.29) is 24.9 Å². The number of esters is 1. The van der Waals surface area contributed by atoms with Crippen molar-refractivity contribution in [2.45, 2.75) is 64.9 Å². The van der Waals surface area contributed by atoms with Crippen LogP contribution in [0.1, 0.15) is 58.8 Å². The first-order valence-electron chi connectivity index (χ1n) is 6.01. The molecule has 0 saturated carbocycles. The molecule has 0 radical (unpaired) electrons. The maximum atomic E-state index is 11.4. The summed E-state index contributed by atoms with van der Waals surface area (Å²) in [4.78, 5) is 21.6. The lowest BCUT2D eigenvalue weighted by Crippen LogP contribution is -2.18. The average Bonchev–Trinajstić information content (AvgIpc) is 2.17. The van der Waals surface area contributed by atoms with Crippen molar-refractivity contribution < 1.29 is 19.4 Å². The lowest BCUT2D eigenvalue weighted by atomic mass is 10.1. The van der Waals surface area contributed by atoms with Gasteiger partial charge in [0.2, 0.25) is 0 Å². The number of carbonyl (C=O) groups excluding carboxylic acids is 1. The monoisotopic (exact) mass is 230 g/mol. The van der Waals surface area contributed by atoms with Gasteiger partial charge in [-0.1, -0.05) is 26.7 Å². The number of carbonyl (C=O) groups is 2. The van der Waals surface area contributed by atoms with Crippen molar-refractivity contribution in [3.8, 4) is 0 Å². The molecule has 0 aliphatic heterocycles. The lowest BCUT2D eigenvalue weighted by molar-refractivity contribution is -0.150. The quantitative estimate of drug-likeness (QED) is 0.618. The molecule has 0 atom stereocenters. The van der Waals surface area contributed by atoms with Crippen LogP contribution in [0.4, 0.5) is 0 Å². The van der Waals surface area contributed by atoms with Gasteiger partial charge in [-0.2, -0.15) is 0 Å². The molecule has 0 amide bonds. The van der Waals surface area contributed by atoms with E-state index < -0.39 is 5.97 Å². The van der Waals surface area contributed by atoms with E-state index in [1.807, 2.05) is 0 Å². The Morgan fingerprint density at radius 3 is 2.12 bits per heavy atom. The fourth-order valence-electron chi connectivity index (χ4n) is 1.53. The molecule has 0 aromatic carbocycles. The number of carboxylic acid groups (broad SMARTS) is 1. The Balaban J connectivity index is 3.76. The number of aliphatic carboxylic acids is 1. The second-order valence-electron chi connectivity index (χ2n) is 3.94. The summed E-state index contributed by atoms with van der Waals surface area (Å²) in [5, 5.41) is 8.42. The van der Waals surface area contributed by atoms with E-state index in [9.17, 15) is 9.59 Å². The molecule has 1 N–H and O–H groups in total. The first-order chi connectivity index (χ1) is 7.60. The zero-order valence-corrected chi connectivity index (χ0v) is 10.2. The van der Waals surface area contributed by atoms with Gasteiger partial charge in [-0.05, 0) is 19.3 Å². The molecule has 16 heavy (non-hydrogen) atoms. The SMILES string of the molecule is CCCC(CCC)OC(=O)CCCC(=O)O. The Bertz CT molecular complexity index is 207. The molecular weight excluding hydrogens is 208 g/mol. The van der Waals surface area contributed by atoms with E-state index in [0.717, 1.165) is 25.7 Å². The number of hydrogen-bond donors (Lipinski definition) is 1. The molecule has 94 valence electrons. The summed E-state index contributed by atoms with van der Waals surface area (Å²) >= 11 is 0. The van der Waals surface area contributed by atoms with Crippen LogP contribution in [0.2, 0.25) is 0 Å². The highest BCUT2D eigenvalue weighted by molar-refractivity contribution is 5.71. The summed E-state index contributed by atoms with van der Waals surface area (Å²) in [6, 6.07) is 0. The molecule has 0 fully saturated rings. The third-order valence-corrected chi connectivity index (χ3v) is 2.29. The van der Waals surface area contributed by atoms with Gasteiger partial charge < -0.3 is 9.84 Å².